The molecule has 7 rings (SSSR count). The third-order valence-corrected chi connectivity index (χ3v) is 11.3. The van der Waals surface area contributed by atoms with Gasteiger partial charge < -0.3 is 34.7 Å². The summed E-state index contributed by atoms with van der Waals surface area (Å²) in [5.74, 6) is 5.25. The van der Waals surface area contributed by atoms with E-state index in [9.17, 15) is 27.6 Å². The van der Waals surface area contributed by atoms with Crippen LogP contribution in [0.5, 0.6) is 0 Å². The number of nitrogens with one attached hydrogen (secondary N) is 1. The number of carbonyl (C=O) groups excluding carboxylic acids is 3. The molecule has 17 heteroatoms. The topological polar surface area (TPSA) is 157 Å². The van der Waals surface area contributed by atoms with E-state index < -0.39 is 35.2 Å². The number of hydrogen-bond acceptors (Lipinski definition) is 11. The average Bonchev–Trinajstić information content (AvgIpc) is 3.62. The van der Waals surface area contributed by atoms with Crippen LogP contribution in [0.15, 0.2) is 54.7 Å². The first-order valence-electron chi connectivity index (χ1n) is 21.7. The van der Waals surface area contributed by atoms with Crippen molar-refractivity contribution in [1.82, 2.24) is 29.2 Å². The molecule has 3 aliphatic rings. The number of anilines is 2. The van der Waals surface area contributed by atoms with Gasteiger partial charge in [0.15, 0.2) is 6.29 Å². The molecule has 64 heavy (non-hydrogen) atoms. The molecule has 0 aliphatic carbocycles. The Bertz CT molecular complexity index is 2410. The lowest BCUT2D eigenvalue weighted by molar-refractivity contribution is -0.163. The van der Waals surface area contributed by atoms with E-state index in [0.29, 0.717) is 72.0 Å². The smallest absolute Gasteiger partial charge is 0.417 e. The number of benzene rings is 2. The predicted octanol–water partition coefficient (Wildman–Crippen LogP) is 6.74. The molecule has 3 aliphatic heterocycles. The van der Waals surface area contributed by atoms with Crippen molar-refractivity contribution in [2.24, 2.45) is 0 Å². The van der Waals surface area contributed by atoms with Crippen LogP contribution in [0.1, 0.15) is 90.8 Å². The summed E-state index contributed by atoms with van der Waals surface area (Å²) < 4.78 is 62.1. The van der Waals surface area contributed by atoms with Crippen molar-refractivity contribution in [1.29, 1.82) is 0 Å². The standard InChI is InChI=1S/C47H55F3N8O6/c1-5-55-18-20-56(21-19-55)30-34-14-15-35(27-37(34)47(48,49)50)53-40(59)26-32-10-8-9-31(25-32)12-13-33-29-52-44(51)54-42(33)39-28-36-38(57(39)22-24-63-41-11-6-7-23-62-41)16-17-58(43(36)60)45(61)64-46(2,3)4/h8-10,14-15,25,27-29,41H,5-7,11,16-24,26,30H2,1-4H3,(H,53,59)(H2,51,52,54). The quantitative estimate of drug-likeness (QED) is 0.154. The largest absolute Gasteiger partial charge is 0.443 e. The molecule has 2 aromatic carbocycles. The minimum absolute atomic E-state index is 0.0182. The van der Waals surface area contributed by atoms with Gasteiger partial charge in [-0.2, -0.15) is 13.2 Å². The molecule has 0 bridgehead atoms. The highest BCUT2D eigenvalue weighted by Crippen LogP contribution is 2.35. The van der Waals surface area contributed by atoms with Gasteiger partial charge in [-0.1, -0.05) is 37.0 Å². The van der Waals surface area contributed by atoms with E-state index in [1.165, 1.54) is 18.3 Å². The molecule has 5 heterocycles. The fourth-order valence-electron chi connectivity index (χ4n) is 8.10. The number of alkyl halides is 3. The maximum Gasteiger partial charge on any atom is 0.417 e. The number of nitrogen functional groups attached to an aromatic ring is 1. The third-order valence-electron chi connectivity index (χ3n) is 11.3. The SMILES string of the molecule is CCN1CCN(Cc2ccc(NC(=O)Cc3cccc(C#Cc4cnc(N)nc4-c4cc5c(n4CCOC4CCCCO4)CCN(C(=O)OC(C)(C)C)C5=O)c3)cc2C(F)(F)F)CC1. The van der Waals surface area contributed by atoms with Crippen LogP contribution < -0.4 is 11.1 Å². The monoisotopic (exact) mass is 884 g/mol. The van der Waals surface area contributed by atoms with E-state index in [2.05, 4.69) is 38.9 Å². The zero-order chi connectivity index (χ0) is 45.6. The minimum Gasteiger partial charge on any atom is -0.443 e. The van der Waals surface area contributed by atoms with Gasteiger partial charge in [0.05, 0.1) is 35.4 Å². The second-order valence-corrected chi connectivity index (χ2v) is 17.1. The van der Waals surface area contributed by atoms with Crippen LogP contribution in [-0.4, -0.2) is 112 Å². The minimum atomic E-state index is -4.59. The summed E-state index contributed by atoms with van der Waals surface area (Å²) in [6, 6.07) is 12.6. The molecular weight excluding hydrogens is 830 g/mol. The van der Waals surface area contributed by atoms with Crippen LogP contribution in [0, 0.1) is 11.8 Å². The van der Waals surface area contributed by atoms with Gasteiger partial charge in [-0.05, 0) is 88.0 Å². The Morgan fingerprint density at radius 3 is 2.50 bits per heavy atom. The highest BCUT2D eigenvalue weighted by atomic mass is 19.4. The zero-order valence-corrected chi connectivity index (χ0v) is 36.7. The molecule has 0 spiro atoms. The number of ether oxygens (including phenoxy) is 3. The fraction of sp³-hybridized carbons (Fsp3) is 0.468. The molecular formula is C47H55F3N8O6. The maximum absolute atomic E-state index is 14.2. The summed E-state index contributed by atoms with van der Waals surface area (Å²) >= 11 is 0. The summed E-state index contributed by atoms with van der Waals surface area (Å²) in [4.78, 5) is 54.3. The number of carbonyl (C=O) groups is 3. The van der Waals surface area contributed by atoms with Crippen molar-refractivity contribution in [3.05, 3.63) is 93.8 Å². The Balaban J connectivity index is 1.10. The maximum atomic E-state index is 14.2. The lowest BCUT2D eigenvalue weighted by Crippen LogP contribution is -2.45. The lowest BCUT2D eigenvalue weighted by Gasteiger charge is -2.34. The molecule has 2 fully saturated rings. The molecule has 4 aromatic rings. The predicted molar refractivity (Wildman–Crippen MR) is 234 cm³/mol. The summed E-state index contributed by atoms with van der Waals surface area (Å²) in [7, 11) is 0. The van der Waals surface area contributed by atoms with Crippen molar-refractivity contribution in [3.63, 3.8) is 0 Å². The van der Waals surface area contributed by atoms with E-state index in [1.807, 2.05) is 9.47 Å². The number of imide groups is 1. The number of halogens is 3. The fourth-order valence-corrected chi connectivity index (χ4v) is 8.10. The lowest BCUT2D eigenvalue weighted by atomic mass is 10.0. The second kappa shape index (κ2) is 19.9. The molecule has 3 amide bonds. The van der Waals surface area contributed by atoms with Crippen LogP contribution in [0.2, 0.25) is 0 Å². The van der Waals surface area contributed by atoms with Crippen molar-refractivity contribution in [2.45, 2.75) is 91.0 Å². The van der Waals surface area contributed by atoms with Gasteiger partial charge in [-0.3, -0.25) is 14.5 Å². The first-order chi connectivity index (χ1) is 30.5. The van der Waals surface area contributed by atoms with E-state index in [1.54, 1.807) is 51.1 Å². The highest BCUT2D eigenvalue weighted by Gasteiger charge is 2.37. The molecule has 340 valence electrons. The number of fused-ring (bicyclic) bond motifs is 1. The Morgan fingerprint density at radius 1 is 1.00 bits per heavy atom. The Hall–Kier alpha value is -5.80. The Labute approximate surface area is 371 Å². The number of rotatable bonds is 11. The number of nitrogens with zero attached hydrogens (tertiary/aromatic N) is 6. The number of aromatic nitrogens is 3. The van der Waals surface area contributed by atoms with Gasteiger partial charge in [-0.25, -0.2) is 19.7 Å². The van der Waals surface area contributed by atoms with Crippen LogP contribution >= 0.6 is 0 Å². The molecule has 0 radical (unpaired) electrons. The summed E-state index contributed by atoms with van der Waals surface area (Å²) in [6.45, 7) is 12.7. The molecule has 2 saturated heterocycles. The number of amides is 3. The normalized spacial score (nSPS) is 17.4. The Kier molecular flexibility index (Phi) is 14.4. The van der Waals surface area contributed by atoms with Gasteiger partial charge in [0.2, 0.25) is 11.9 Å². The van der Waals surface area contributed by atoms with Gasteiger partial charge in [-0.15, -0.1) is 0 Å². The van der Waals surface area contributed by atoms with Crippen molar-refractivity contribution < 1.29 is 41.8 Å². The van der Waals surface area contributed by atoms with Crippen LogP contribution in [-0.2, 0) is 51.1 Å². The van der Waals surface area contributed by atoms with Gasteiger partial charge in [0, 0.05) is 82.0 Å². The van der Waals surface area contributed by atoms with Crippen LogP contribution in [0.25, 0.3) is 11.4 Å². The van der Waals surface area contributed by atoms with Crippen molar-refractivity contribution in [2.75, 3.05) is 63.5 Å². The van der Waals surface area contributed by atoms with Gasteiger partial charge in [0.1, 0.15) is 11.3 Å². The summed E-state index contributed by atoms with van der Waals surface area (Å²) in [5.41, 5.74) is 8.24. The van der Waals surface area contributed by atoms with Crippen LogP contribution in [0.3, 0.4) is 0 Å². The van der Waals surface area contributed by atoms with E-state index in [4.69, 9.17) is 19.9 Å². The molecule has 2 aromatic heterocycles. The average molecular weight is 885 g/mol. The van der Waals surface area contributed by atoms with Gasteiger partial charge in [0.25, 0.3) is 5.91 Å². The van der Waals surface area contributed by atoms with E-state index >= 15 is 0 Å². The third kappa shape index (κ3) is 11.7. The summed E-state index contributed by atoms with van der Waals surface area (Å²) in [6.07, 6.45) is -1.16. The van der Waals surface area contributed by atoms with Crippen LogP contribution in [0.4, 0.5) is 29.6 Å². The first-order valence-corrected chi connectivity index (χ1v) is 21.7. The first kappa shape index (κ1) is 46.2. The van der Waals surface area contributed by atoms with Crippen molar-refractivity contribution in [3.8, 4) is 23.2 Å². The van der Waals surface area contributed by atoms with E-state index in [-0.39, 0.29) is 49.6 Å². The number of likely N-dealkylation sites (N-methyl/N-ethyl adjacent to an activating group) is 1. The van der Waals surface area contributed by atoms with E-state index in [0.717, 1.165) is 49.9 Å². The molecule has 14 nitrogen and oxygen atoms in total. The number of hydrogen-bond donors (Lipinski definition) is 2. The number of piperazine rings is 1. The molecule has 1 unspecified atom stereocenters. The molecule has 1 atom stereocenters. The number of nitrogens with two attached hydrogens (primary N) is 1. The second-order valence-electron chi connectivity index (χ2n) is 17.1. The Morgan fingerprint density at radius 2 is 1.78 bits per heavy atom. The summed E-state index contributed by atoms with van der Waals surface area (Å²) in [5, 5.41) is 2.64. The molecule has 3 N–H and O–H groups in total. The highest BCUT2D eigenvalue weighted by molar-refractivity contribution is 6.05. The zero-order valence-electron chi connectivity index (χ0n) is 36.7. The van der Waals surface area contributed by atoms with Gasteiger partial charge >= 0.3 is 12.3 Å². The molecule has 0 saturated carbocycles. The van der Waals surface area contributed by atoms with Crippen molar-refractivity contribution >= 4 is 29.5 Å².